The number of carbonyl (C=O) groups is 2. The number of methoxy groups -OCH3 is 1. The van der Waals surface area contributed by atoms with Crippen LogP contribution in [0.5, 0.6) is 5.75 Å². The first kappa shape index (κ1) is 16.2. The molecule has 3 atom stereocenters. The van der Waals surface area contributed by atoms with E-state index in [4.69, 9.17) is 19.9 Å². The molecule has 0 spiro atoms. The molecule has 1 aromatic carbocycles. The number of nitrogens with zero attached hydrogens (tertiary/aromatic N) is 2. The van der Waals surface area contributed by atoms with Gasteiger partial charge in [-0.1, -0.05) is 0 Å². The van der Waals surface area contributed by atoms with Gasteiger partial charge >= 0.3 is 6.09 Å². The lowest BCUT2D eigenvalue weighted by molar-refractivity contribution is -0.122. The Balaban J connectivity index is 1.60. The van der Waals surface area contributed by atoms with Crippen LogP contribution in [0.3, 0.4) is 0 Å². The van der Waals surface area contributed by atoms with E-state index >= 15 is 0 Å². The summed E-state index contributed by atoms with van der Waals surface area (Å²) in [6, 6.07) is 5.22. The number of hydrogen-bond donors (Lipinski definition) is 1. The molecular formula is C17H21N3O5. The summed E-state index contributed by atoms with van der Waals surface area (Å²) in [5.74, 6) is 0.598. The van der Waals surface area contributed by atoms with Crippen molar-refractivity contribution < 1.29 is 23.8 Å². The Morgan fingerprint density at radius 2 is 2.20 bits per heavy atom. The first-order chi connectivity index (χ1) is 12.1. The van der Waals surface area contributed by atoms with E-state index in [-0.39, 0.29) is 30.7 Å². The predicted molar refractivity (Wildman–Crippen MR) is 89.9 cm³/mol. The largest absolute Gasteiger partial charge is 0.489 e. The van der Waals surface area contributed by atoms with Gasteiger partial charge in [-0.25, -0.2) is 4.79 Å². The van der Waals surface area contributed by atoms with Crippen molar-refractivity contribution in [2.75, 3.05) is 36.6 Å². The van der Waals surface area contributed by atoms with E-state index in [1.165, 1.54) is 0 Å². The first-order valence-electron chi connectivity index (χ1n) is 8.42. The number of rotatable bonds is 3. The van der Waals surface area contributed by atoms with Crippen LogP contribution in [-0.4, -0.2) is 57.1 Å². The maximum atomic E-state index is 12.4. The number of hydrogen-bond acceptors (Lipinski definition) is 6. The highest BCUT2D eigenvalue weighted by Gasteiger charge is 2.46. The van der Waals surface area contributed by atoms with Crippen LogP contribution in [0.15, 0.2) is 18.2 Å². The Morgan fingerprint density at radius 3 is 2.92 bits per heavy atom. The predicted octanol–water partition coefficient (Wildman–Crippen LogP) is 0.873. The molecule has 2 amide bonds. The van der Waals surface area contributed by atoms with Gasteiger partial charge in [0.1, 0.15) is 24.5 Å². The Labute approximate surface area is 145 Å². The number of ether oxygens (including phenoxy) is 3. The minimum atomic E-state index is -0.408. The fourth-order valence-corrected chi connectivity index (χ4v) is 3.67. The van der Waals surface area contributed by atoms with Crippen molar-refractivity contribution in [3.05, 3.63) is 18.2 Å². The smallest absolute Gasteiger partial charge is 0.415 e. The third-order valence-electron chi connectivity index (χ3n) is 5.08. The summed E-state index contributed by atoms with van der Waals surface area (Å²) in [5.41, 5.74) is 7.09. The van der Waals surface area contributed by atoms with Crippen LogP contribution < -0.4 is 20.3 Å². The van der Waals surface area contributed by atoms with E-state index in [0.717, 1.165) is 12.1 Å². The first-order valence-corrected chi connectivity index (χ1v) is 8.42. The molecule has 2 N–H and O–H groups in total. The van der Waals surface area contributed by atoms with Crippen molar-refractivity contribution in [2.45, 2.75) is 31.1 Å². The molecule has 0 radical (unpaired) electrons. The topological polar surface area (TPSA) is 94.3 Å². The minimum absolute atomic E-state index is 0.0223. The van der Waals surface area contributed by atoms with Gasteiger partial charge in [-0.3, -0.25) is 9.69 Å². The molecule has 3 heterocycles. The summed E-state index contributed by atoms with van der Waals surface area (Å²) in [6.45, 7) is 1.18. The van der Waals surface area contributed by atoms with E-state index in [9.17, 15) is 9.59 Å². The second kappa shape index (κ2) is 6.20. The number of piperidine rings is 1. The highest BCUT2D eigenvalue weighted by Crippen LogP contribution is 2.41. The molecule has 2 saturated heterocycles. The zero-order valence-corrected chi connectivity index (χ0v) is 14.0. The lowest BCUT2D eigenvalue weighted by Gasteiger charge is -2.34. The molecule has 3 aliphatic heterocycles. The normalized spacial score (nSPS) is 28.3. The number of anilines is 2. The zero-order valence-electron chi connectivity index (χ0n) is 14.0. The summed E-state index contributed by atoms with van der Waals surface area (Å²) in [4.78, 5) is 27.8. The molecule has 1 aromatic rings. The Bertz CT molecular complexity index is 710. The van der Waals surface area contributed by atoms with Gasteiger partial charge in [-0.2, -0.15) is 0 Å². The van der Waals surface area contributed by atoms with Crippen LogP contribution in [0.2, 0.25) is 0 Å². The van der Waals surface area contributed by atoms with Crippen molar-refractivity contribution in [1.82, 2.24) is 0 Å². The van der Waals surface area contributed by atoms with E-state index in [1.807, 2.05) is 6.07 Å². The molecular weight excluding hydrogens is 326 g/mol. The number of cyclic esters (lactones) is 1. The molecule has 0 bridgehead atoms. The van der Waals surface area contributed by atoms with Crippen molar-refractivity contribution in [2.24, 2.45) is 5.73 Å². The van der Waals surface area contributed by atoms with Gasteiger partial charge in [0.05, 0.1) is 18.2 Å². The summed E-state index contributed by atoms with van der Waals surface area (Å²) >= 11 is 0. The van der Waals surface area contributed by atoms with E-state index in [1.54, 1.807) is 29.0 Å². The van der Waals surface area contributed by atoms with Crippen molar-refractivity contribution in [1.29, 1.82) is 0 Å². The van der Waals surface area contributed by atoms with Crippen LogP contribution >= 0.6 is 0 Å². The fraction of sp³-hybridized carbons (Fsp3) is 0.529. The van der Waals surface area contributed by atoms with E-state index < -0.39 is 6.09 Å². The summed E-state index contributed by atoms with van der Waals surface area (Å²) in [6.07, 6.45) is 0.363. The minimum Gasteiger partial charge on any atom is -0.489 e. The van der Waals surface area contributed by atoms with Gasteiger partial charge in [-0.15, -0.1) is 0 Å². The van der Waals surface area contributed by atoms with Gasteiger partial charge in [0.25, 0.3) is 0 Å². The van der Waals surface area contributed by atoms with Gasteiger partial charge in [0.2, 0.25) is 5.91 Å². The van der Waals surface area contributed by atoms with Gasteiger partial charge < -0.3 is 24.8 Å². The van der Waals surface area contributed by atoms with Gasteiger partial charge in [0, 0.05) is 32.0 Å². The zero-order chi connectivity index (χ0) is 17.6. The van der Waals surface area contributed by atoms with Crippen LogP contribution in [0.4, 0.5) is 16.2 Å². The lowest BCUT2D eigenvalue weighted by atomic mass is 10.0. The highest BCUT2D eigenvalue weighted by atomic mass is 16.6. The van der Waals surface area contributed by atoms with Gasteiger partial charge in [0.15, 0.2) is 0 Å². The highest BCUT2D eigenvalue weighted by molar-refractivity contribution is 5.97. The lowest BCUT2D eigenvalue weighted by Crippen LogP contribution is -2.46. The standard InChI is InChI=1S/C17H21N3O5/c1-23-11-4-5-19(16(21)7-11)10-2-3-12-14(6-10)24-9-13-15(8-18)25-17(22)20(12)13/h2-3,6,11,13,15H,4-5,7-9,18H2,1H3/t11-,13+,15+/m1/s1. The number of benzene rings is 1. The molecule has 0 saturated carbocycles. The molecule has 8 heteroatoms. The third-order valence-corrected chi connectivity index (χ3v) is 5.08. The molecule has 0 unspecified atom stereocenters. The number of carbonyl (C=O) groups excluding carboxylic acids is 2. The summed E-state index contributed by atoms with van der Waals surface area (Å²) in [7, 11) is 1.63. The SMILES string of the molecule is CO[C@@H]1CCN(c2ccc3c(c2)OC[C@H]2[C@H](CN)OC(=O)N32)C(=O)C1. The number of nitrogens with two attached hydrogens (primary N) is 1. The summed E-state index contributed by atoms with van der Waals surface area (Å²) < 4.78 is 16.4. The van der Waals surface area contributed by atoms with Crippen molar-refractivity contribution >= 4 is 23.4 Å². The molecule has 0 aliphatic carbocycles. The quantitative estimate of drug-likeness (QED) is 0.872. The van der Waals surface area contributed by atoms with Crippen LogP contribution in [-0.2, 0) is 14.3 Å². The second-order valence-corrected chi connectivity index (χ2v) is 6.45. The Hall–Kier alpha value is -2.32. The molecule has 8 nitrogen and oxygen atoms in total. The maximum Gasteiger partial charge on any atom is 0.415 e. The molecule has 134 valence electrons. The third kappa shape index (κ3) is 2.61. The fourth-order valence-electron chi connectivity index (χ4n) is 3.67. The van der Waals surface area contributed by atoms with E-state index in [2.05, 4.69) is 0 Å². The Morgan fingerprint density at radius 1 is 1.36 bits per heavy atom. The van der Waals surface area contributed by atoms with Crippen LogP contribution in [0.1, 0.15) is 12.8 Å². The average molecular weight is 347 g/mol. The summed E-state index contributed by atoms with van der Waals surface area (Å²) in [5, 5.41) is 0. The average Bonchev–Trinajstić information content (AvgIpc) is 2.97. The maximum absolute atomic E-state index is 12.4. The molecule has 0 aromatic heterocycles. The molecule has 3 aliphatic rings. The second-order valence-electron chi connectivity index (χ2n) is 6.45. The van der Waals surface area contributed by atoms with Crippen LogP contribution in [0, 0.1) is 0 Å². The van der Waals surface area contributed by atoms with Crippen LogP contribution in [0.25, 0.3) is 0 Å². The van der Waals surface area contributed by atoms with Crippen molar-refractivity contribution in [3.8, 4) is 5.75 Å². The Kier molecular flexibility index (Phi) is 4.01. The van der Waals surface area contributed by atoms with Crippen molar-refractivity contribution in [3.63, 3.8) is 0 Å². The number of amides is 2. The number of fused-ring (bicyclic) bond motifs is 3. The monoisotopic (exact) mass is 347 g/mol. The molecule has 25 heavy (non-hydrogen) atoms. The molecule has 2 fully saturated rings. The van der Waals surface area contributed by atoms with Gasteiger partial charge in [-0.05, 0) is 18.6 Å². The van der Waals surface area contributed by atoms with E-state index in [0.29, 0.717) is 31.0 Å². The molecule has 4 rings (SSSR count).